The molecular weight excluding hydrogens is 266 g/mol. The molecule has 0 radical (unpaired) electrons. The molecule has 102 valence electrons. The molecule has 5 heteroatoms. The SMILES string of the molecule is COc1ccc(Cl)c2c1C(=O)C[C@@H](NC(C)=O)CC2. The van der Waals surface area contributed by atoms with Crippen LogP contribution in [-0.4, -0.2) is 24.8 Å². The predicted molar refractivity (Wildman–Crippen MR) is 72.9 cm³/mol. The van der Waals surface area contributed by atoms with Crippen molar-refractivity contribution in [3.05, 3.63) is 28.3 Å². The van der Waals surface area contributed by atoms with Crippen molar-refractivity contribution in [1.29, 1.82) is 0 Å². The number of carbonyl (C=O) groups is 2. The summed E-state index contributed by atoms with van der Waals surface area (Å²) in [7, 11) is 1.53. The smallest absolute Gasteiger partial charge is 0.217 e. The van der Waals surface area contributed by atoms with Gasteiger partial charge in [-0.15, -0.1) is 0 Å². The van der Waals surface area contributed by atoms with E-state index in [2.05, 4.69) is 5.32 Å². The molecule has 4 nitrogen and oxygen atoms in total. The second-order valence-electron chi connectivity index (χ2n) is 4.67. The largest absolute Gasteiger partial charge is 0.496 e. The van der Waals surface area contributed by atoms with Crippen LogP contribution in [0.4, 0.5) is 0 Å². The van der Waals surface area contributed by atoms with Crippen LogP contribution in [0.2, 0.25) is 5.02 Å². The van der Waals surface area contributed by atoms with Gasteiger partial charge in [-0.3, -0.25) is 9.59 Å². The van der Waals surface area contributed by atoms with Crippen LogP contribution in [0.25, 0.3) is 0 Å². The molecule has 1 aromatic rings. The van der Waals surface area contributed by atoms with E-state index in [0.717, 1.165) is 5.56 Å². The highest BCUT2D eigenvalue weighted by molar-refractivity contribution is 6.32. The fourth-order valence-corrected chi connectivity index (χ4v) is 2.73. The molecule has 1 aliphatic carbocycles. The highest BCUT2D eigenvalue weighted by Crippen LogP contribution is 2.33. The van der Waals surface area contributed by atoms with Crippen LogP contribution in [0.1, 0.15) is 35.7 Å². The summed E-state index contributed by atoms with van der Waals surface area (Å²) in [5.74, 6) is 0.389. The number of halogens is 1. The minimum Gasteiger partial charge on any atom is -0.496 e. The average molecular weight is 282 g/mol. The van der Waals surface area contributed by atoms with Gasteiger partial charge in [-0.05, 0) is 30.5 Å². The van der Waals surface area contributed by atoms with Crippen molar-refractivity contribution in [1.82, 2.24) is 5.32 Å². The Labute approximate surface area is 117 Å². The van der Waals surface area contributed by atoms with Crippen LogP contribution in [0, 0.1) is 0 Å². The number of carbonyl (C=O) groups excluding carboxylic acids is 2. The van der Waals surface area contributed by atoms with Crippen molar-refractivity contribution in [3.63, 3.8) is 0 Å². The van der Waals surface area contributed by atoms with Crippen LogP contribution in [0.3, 0.4) is 0 Å². The summed E-state index contributed by atoms with van der Waals surface area (Å²) in [5, 5.41) is 3.38. The van der Waals surface area contributed by atoms with Gasteiger partial charge >= 0.3 is 0 Å². The topological polar surface area (TPSA) is 55.4 Å². The summed E-state index contributed by atoms with van der Waals surface area (Å²) >= 11 is 6.17. The van der Waals surface area contributed by atoms with E-state index in [0.29, 0.717) is 29.2 Å². The number of ketones is 1. The third-order valence-electron chi connectivity index (χ3n) is 3.30. The molecule has 0 saturated heterocycles. The molecule has 0 aromatic heterocycles. The van der Waals surface area contributed by atoms with E-state index in [4.69, 9.17) is 16.3 Å². The number of nitrogens with one attached hydrogen (secondary N) is 1. The van der Waals surface area contributed by atoms with Gasteiger partial charge in [0.25, 0.3) is 0 Å². The maximum Gasteiger partial charge on any atom is 0.217 e. The number of methoxy groups -OCH3 is 1. The molecule has 2 rings (SSSR count). The molecule has 0 fully saturated rings. The average Bonchev–Trinajstić information content (AvgIpc) is 2.50. The van der Waals surface area contributed by atoms with Gasteiger partial charge in [-0.2, -0.15) is 0 Å². The summed E-state index contributed by atoms with van der Waals surface area (Å²) < 4.78 is 5.24. The Hall–Kier alpha value is -1.55. The third kappa shape index (κ3) is 2.89. The summed E-state index contributed by atoms with van der Waals surface area (Å²) in [4.78, 5) is 23.5. The highest BCUT2D eigenvalue weighted by atomic mass is 35.5. The molecule has 0 aliphatic heterocycles. The van der Waals surface area contributed by atoms with Gasteiger partial charge in [0.1, 0.15) is 5.75 Å². The minimum absolute atomic E-state index is 0.0365. The van der Waals surface area contributed by atoms with Gasteiger partial charge in [-0.25, -0.2) is 0 Å². The first kappa shape index (κ1) is 13.9. The Morgan fingerprint density at radius 3 is 2.84 bits per heavy atom. The molecule has 0 saturated carbocycles. The van der Waals surface area contributed by atoms with Crippen molar-refractivity contribution in [3.8, 4) is 5.75 Å². The minimum atomic E-state index is -0.141. The normalized spacial score (nSPS) is 18.5. The van der Waals surface area contributed by atoms with E-state index in [1.54, 1.807) is 12.1 Å². The fourth-order valence-electron chi connectivity index (χ4n) is 2.48. The number of hydrogen-bond donors (Lipinski definition) is 1. The van der Waals surface area contributed by atoms with Crippen molar-refractivity contribution in [2.24, 2.45) is 0 Å². The van der Waals surface area contributed by atoms with Gasteiger partial charge < -0.3 is 10.1 Å². The standard InChI is InChI=1S/C14H16ClNO3/c1-8(17)16-9-3-4-10-11(15)5-6-13(19-2)14(10)12(18)7-9/h5-6,9H,3-4,7H2,1-2H3,(H,16,17)/t9-/m0/s1. The van der Waals surface area contributed by atoms with E-state index in [1.165, 1.54) is 14.0 Å². The lowest BCUT2D eigenvalue weighted by molar-refractivity contribution is -0.119. The van der Waals surface area contributed by atoms with E-state index in [-0.39, 0.29) is 24.2 Å². The zero-order valence-corrected chi connectivity index (χ0v) is 11.7. The zero-order valence-electron chi connectivity index (χ0n) is 11.0. The van der Waals surface area contributed by atoms with Crippen molar-refractivity contribution in [2.75, 3.05) is 7.11 Å². The van der Waals surface area contributed by atoms with Gasteiger partial charge in [0.15, 0.2) is 5.78 Å². The number of rotatable bonds is 2. The van der Waals surface area contributed by atoms with Gasteiger partial charge in [0, 0.05) is 24.4 Å². The summed E-state index contributed by atoms with van der Waals surface area (Å²) in [6, 6.07) is 3.31. The number of amides is 1. The number of fused-ring (bicyclic) bond motifs is 1. The van der Waals surface area contributed by atoms with Crippen LogP contribution in [-0.2, 0) is 11.2 Å². The molecule has 0 heterocycles. The fraction of sp³-hybridized carbons (Fsp3) is 0.429. The first-order valence-corrected chi connectivity index (χ1v) is 6.56. The Balaban J connectivity index is 2.37. The van der Waals surface area contributed by atoms with E-state index >= 15 is 0 Å². The summed E-state index contributed by atoms with van der Waals surface area (Å²) in [5.41, 5.74) is 1.38. The molecule has 1 amide bonds. The van der Waals surface area contributed by atoms with Crippen molar-refractivity contribution < 1.29 is 14.3 Å². The van der Waals surface area contributed by atoms with Crippen LogP contribution >= 0.6 is 11.6 Å². The quantitative estimate of drug-likeness (QED) is 0.847. The second kappa shape index (κ2) is 5.61. The lowest BCUT2D eigenvalue weighted by Gasteiger charge is -2.13. The van der Waals surface area contributed by atoms with Crippen molar-refractivity contribution in [2.45, 2.75) is 32.2 Å². The van der Waals surface area contributed by atoms with Gasteiger partial charge in [-0.1, -0.05) is 11.6 Å². The maximum absolute atomic E-state index is 12.3. The first-order valence-electron chi connectivity index (χ1n) is 6.18. The number of Topliss-reactive ketones (excluding diaryl/α,β-unsaturated/α-hetero) is 1. The van der Waals surface area contributed by atoms with Crippen LogP contribution < -0.4 is 10.1 Å². The lowest BCUT2D eigenvalue weighted by Crippen LogP contribution is -2.34. The molecule has 0 spiro atoms. The van der Waals surface area contributed by atoms with E-state index < -0.39 is 0 Å². The molecule has 0 bridgehead atoms. The third-order valence-corrected chi connectivity index (χ3v) is 3.65. The lowest BCUT2D eigenvalue weighted by atomic mass is 10.0. The molecule has 1 N–H and O–H groups in total. The van der Waals surface area contributed by atoms with E-state index in [1.807, 2.05) is 0 Å². The summed E-state index contributed by atoms with van der Waals surface area (Å²) in [6.45, 7) is 1.45. The monoisotopic (exact) mass is 281 g/mol. The first-order chi connectivity index (χ1) is 9.02. The second-order valence-corrected chi connectivity index (χ2v) is 5.07. The van der Waals surface area contributed by atoms with Crippen LogP contribution in [0.5, 0.6) is 5.75 Å². The Kier molecular flexibility index (Phi) is 4.10. The molecular formula is C14H16ClNO3. The molecule has 1 aromatic carbocycles. The summed E-state index contributed by atoms with van der Waals surface area (Å²) in [6.07, 6.45) is 1.64. The number of hydrogen-bond acceptors (Lipinski definition) is 3. The molecule has 1 atom stereocenters. The van der Waals surface area contributed by atoms with Gasteiger partial charge in [0.05, 0.1) is 12.7 Å². The predicted octanol–water partition coefficient (Wildman–Crippen LogP) is 2.37. The maximum atomic E-state index is 12.3. The Morgan fingerprint density at radius 1 is 1.47 bits per heavy atom. The Morgan fingerprint density at radius 2 is 2.21 bits per heavy atom. The zero-order chi connectivity index (χ0) is 14.0. The highest BCUT2D eigenvalue weighted by Gasteiger charge is 2.27. The van der Waals surface area contributed by atoms with E-state index in [9.17, 15) is 9.59 Å². The van der Waals surface area contributed by atoms with Crippen molar-refractivity contribution >= 4 is 23.3 Å². The number of benzene rings is 1. The Bertz CT molecular complexity index is 528. The number of ether oxygens (including phenoxy) is 1. The van der Waals surface area contributed by atoms with Crippen LogP contribution in [0.15, 0.2) is 12.1 Å². The molecule has 1 aliphatic rings. The van der Waals surface area contributed by atoms with Gasteiger partial charge in [0.2, 0.25) is 5.91 Å². The molecule has 19 heavy (non-hydrogen) atoms. The molecule has 0 unspecified atom stereocenters.